The predicted molar refractivity (Wildman–Crippen MR) is 26.0 cm³/mol. The molecule has 0 fully saturated rings. The third kappa shape index (κ3) is 22.6. The van der Waals surface area contributed by atoms with Crippen molar-refractivity contribution in [3.05, 3.63) is 6.42 Å². The minimum atomic E-state index is 0. The van der Waals surface area contributed by atoms with E-state index in [2.05, 4.69) is 20.3 Å². The molecule has 0 spiro atoms. The Kier molecular flexibility index (Phi) is 46.1. The van der Waals surface area contributed by atoms with E-state index in [-0.39, 0.29) is 27.3 Å². The fourth-order valence-corrected chi connectivity index (χ4v) is 0. The fourth-order valence-electron chi connectivity index (χ4n) is 0. The maximum atomic E-state index is 2.12. The number of hydrogen-bond acceptors (Lipinski definition) is 0. The zero-order valence-corrected chi connectivity index (χ0v) is 4.86. The molecule has 0 saturated heterocycles. The zero-order chi connectivity index (χ0) is 3.41. The molecule has 0 aliphatic heterocycles. The van der Waals surface area contributed by atoms with E-state index in [1.165, 1.54) is 6.42 Å². The van der Waals surface area contributed by atoms with Crippen LogP contribution < -0.4 is 18.9 Å². The van der Waals surface area contributed by atoms with Gasteiger partial charge in [-0.2, -0.15) is 13.3 Å². The first-order valence-corrected chi connectivity index (χ1v) is 1.69. The van der Waals surface area contributed by atoms with E-state index in [1.54, 1.807) is 0 Å². The number of unbranched alkanes of at least 4 members (excludes halogenated alkanes) is 1. The molecule has 0 aromatic heterocycles. The van der Waals surface area contributed by atoms with Crippen molar-refractivity contribution in [2.24, 2.45) is 0 Å². The van der Waals surface area contributed by atoms with Gasteiger partial charge in [0.2, 0.25) is 0 Å². The normalized spacial score (nSPS) is 5.00. The van der Waals surface area contributed by atoms with E-state index >= 15 is 0 Å². The molecular weight excluding hydrogens is 65.8 g/mol. The van der Waals surface area contributed by atoms with Gasteiger partial charge in [0.15, 0.2) is 0 Å². The molecule has 0 aromatic carbocycles. The molecule has 0 heterocycles. The molecule has 2 heteroatoms. The summed E-state index contributed by atoms with van der Waals surface area (Å²) in [5, 5.41) is 0. The monoisotopic (exact) mass is 75.1 g/mol. The molecule has 0 saturated carbocycles. The van der Waals surface area contributed by atoms with Crippen molar-refractivity contribution in [1.82, 2.24) is 0 Å². The maximum Gasteiger partial charge on any atom is 1.00 e. The van der Waals surface area contributed by atoms with E-state index in [0.29, 0.717) is 0 Å². The van der Waals surface area contributed by atoms with Crippen molar-refractivity contribution in [1.29, 1.82) is 0 Å². The van der Waals surface area contributed by atoms with Crippen LogP contribution in [0.5, 0.6) is 0 Å². The molecule has 0 rings (SSSR count). The molecular formula is C4H9BLi. The standard InChI is InChI=1S/C4H9.B.Li/c1-3-4-2;;/h3H,4H2,1-2H3;;/q-1;;+1. The van der Waals surface area contributed by atoms with Gasteiger partial charge in [-0.3, -0.25) is 0 Å². The molecule has 0 unspecified atom stereocenters. The molecule has 0 atom stereocenters. The average Bonchev–Trinajstić information content (AvgIpc) is 1.37. The Morgan fingerprint density at radius 2 is 1.67 bits per heavy atom. The van der Waals surface area contributed by atoms with Gasteiger partial charge in [-0.25, -0.2) is 0 Å². The first kappa shape index (κ1) is 15.9. The molecule has 29 valence electrons. The Hall–Kier alpha value is 0.662. The molecule has 0 aromatic rings. The predicted octanol–water partition coefficient (Wildman–Crippen LogP) is -1.76. The summed E-state index contributed by atoms with van der Waals surface area (Å²) >= 11 is 0. The van der Waals surface area contributed by atoms with Crippen LogP contribution in [0.15, 0.2) is 0 Å². The van der Waals surface area contributed by atoms with Crippen molar-refractivity contribution in [3.8, 4) is 0 Å². The smallest absolute Gasteiger partial charge is 0.332 e. The summed E-state index contributed by atoms with van der Waals surface area (Å²) in [6, 6.07) is 0. The van der Waals surface area contributed by atoms with Gasteiger partial charge in [0.05, 0.1) is 0 Å². The zero-order valence-electron chi connectivity index (χ0n) is 4.86. The van der Waals surface area contributed by atoms with Gasteiger partial charge in [-0.15, -0.1) is 0 Å². The van der Waals surface area contributed by atoms with E-state index in [4.69, 9.17) is 0 Å². The van der Waals surface area contributed by atoms with Crippen LogP contribution in [0.3, 0.4) is 0 Å². The van der Waals surface area contributed by atoms with Crippen LogP contribution in [0.25, 0.3) is 0 Å². The molecule has 0 bridgehead atoms. The molecule has 0 nitrogen and oxygen atoms in total. The van der Waals surface area contributed by atoms with Gasteiger partial charge in [0.25, 0.3) is 0 Å². The fraction of sp³-hybridized carbons (Fsp3) is 0.750. The second-order valence-electron chi connectivity index (χ2n) is 0.816. The molecule has 0 aliphatic carbocycles. The Labute approximate surface area is 54.5 Å². The van der Waals surface area contributed by atoms with Gasteiger partial charge in [-0.05, 0) is 0 Å². The van der Waals surface area contributed by atoms with E-state index in [1.807, 2.05) is 0 Å². The molecule has 0 amide bonds. The Balaban J connectivity index is -0.0000000450. The first-order valence-electron chi connectivity index (χ1n) is 1.69. The summed E-state index contributed by atoms with van der Waals surface area (Å²) in [7, 11) is 0. The summed E-state index contributed by atoms with van der Waals surface area (Å²) in [5.74, 6) is 0. The van der Waals surface area contributed by atoms with Crippen molar-refractivity contribution in [2.45, 2.75) is 20.3 Å². The number of rotatable bonds is 1. The Bertz CT molecular complexity index is 9.51. The summed E-state index contributed by atoms with van der Waals surface area (Å²) < 4.78 is 0. The number of hydrogen-bond donors (Lipinski definition) is 0. The van der Waals surface area contributed by atoms with E-state index in [9.17, 15) is 0 Å². The Morgan fingerprint density at radius 1 is 1.50 bits per heavy atom. The quantitative estimate of drug-likeness (QED) is 0.256. The molecule has 6 heavy (non-hydrogen) atoms. The van der Waals surface area contributed by atoms with Crippen LogP contribution in [0, 0.1) is 6.42 Å². The third-order valence-electron chi connectivity index (χ3n) is 0.408. The second-order valence-corrected chi connectivity index (χ2v) is 0.816. The summed E-state index contributed by atoms with van der Waals surface area (Å²) in [5.41, 5.74) is 0. The van der Waals surface area contributed by atoms with Crippen LogP contribution in [-0.4, -0.2) is 8.41 Å². The largest absolute Gasteiger partial charge is 1.00 e. The van der Waals surface area contributed by atoms with E-state index in [0.717, 1.165) is 0 Å². The summed E-state index contributed by atoms with van der Waals surface area (Å²) in [6.07, 6.45) is 3.32. The van der Waals surface area contributed by atoms with Crippen molar-refractivity contribution >= 4 is 8.41 Å². The van der Waals surface area contributed by atoms with Crippen LogP contribution >= 0.6 is 0 Å². The topological polar surface area (TPSA) is 0 Å². The maximum absolute atomic E-state index is 2.12. The van der Waals surface area contributed by atoms with Gasteiger partial charge in [0.1, 0.15) is 0 Å². The first-order chi connectivity index (χ1) is 1.91. The van der Waals surface area contributed by atoms with Crippen LogP contribution in [0.2, 0.25) is 0 Å². The third-order valence-corrected chi connectivity index (χ3v) is 0.408. The Morgan fingerprint density at radius 3 is 1.67 bits per heavy atom. The summed E-state index contributed by atoms with van der Waals surface area (Å²) in [4.78, 5) is 0. The second kappa shape index (κ2) is 17.4. The van der Waals surface area contributed by atoms with Gasteiger partial charge in [-0.1, -0.05) is 6.92 Å². The minimum Gasteiger partial charge on any atom is -0.332 e. The molecule has 0 N–H and O–H groups in total. The van der Waals surface area contributed by atoms with Crippen LogP contribution in [0.4, 0.5) is 0 Å². The summed E-state index contributed by atoms with van der Waals surface area (Å²) in [6.45, 7) is 4.18. The minimum absolute atomic E-state index is 0. The molecule has 0 aliphatic rings. The van der Waals surface area contributed by atoms with Crippen molar-refractivity contribution < 1.29 is 18.9 Å². The average molecular weight is 74.9 g/mol. The van der Waals surface area contributed by atoms with Gasteiger partial charge >= 0.3 is 18.9 Å². The van der Waals surface area contributed by atoms with Gasteiger partial charge in [0, 0.05) is 8.41 Å². The molecule has 3 radical (unpaired) electrons. The van der Waals surface area contributed by atoms with Crippen LogP contribution in [-0.2, 0) is 0 Å². The van der Waals surface area contributed by atoms with E-state index < -0.39 is 0 Å². The van der Waals surface area contributed by atoms with Crippen LogP contribution in [0.1, 0.15) is 20.3 Å². The van der Waals surface area contributed by atoms with Gasteiger partial charge < -0.3 is 6.42 Å². The SMILES string of the molecule is C[CH-]CC.[B].[Li+]. The van der Waals surface area contributed by atoms with Crippen molar-refractivity contribution in [3.63, 3.8) is 0 Å². The van der Waals surface area contributed by atoms with Crippen molar-refractivity contribution in [2.75, 3.05) is 0 Å².